The lowest BCUT2D eigenvalue weighted by Crippen LogP contribution is -2.36. The second-order valence-electron chi connectivity index (χ2n) is 5.21. The molecule has 0 amide bonds. The molecule has 1 aliphatic rings. The zero-order valence-corrected chi connectivity index (χ0v) is 13.0. The number of hydrogen-bond donors (Lipinski definition) is 2. The molecular formula is C15H15ClN6O. The number of aromatic nitrogens is 4. The van der Waals surface area contributed by atoms with Crippen molar-refractivity contribution in [3.63, 3.8) is 0 Å². The third-order valence-corrected chi connectivity index (χ3v) is 3.98. The fourth-order valence-electron chi connectivity index (χ4n) is 2.59. The molecule has 1 aromatic carbocycles. The molecule has 2 aromatic heterocycles. The third kappa shape index (κ3) is 2.93. The summed E-state index contributed by atoms with van der Waals surface area (Å²) in [5.41, 5.74) is 3.23. The summed E-state index contributed by atoms with van der Waals surface area (Å²) in [5.74, 6) is 0.436. The lowest BCUT2D eigenvalue weighted by atomic mass is 10.2. The quantitative estimate of drug-likeness (QED) is 0.719. The fraction of sp³-hybridized carbons (Fsp3) is 0.267. The second kappa shape index (κ2) is 6.02. The third-order valence-electron chi connectivity index (χ3n) is 3.71. The van der Waals surface area contributed by atoms with E-state index in [2.05, 4.69) is 42.3 Å². The topological polar surface area (TPSA) is 79.0 Å². The molecule has 0 atom stereocenters. The highest BCUT2D eigenvalue weighted by Crippen LogP contribution is 2.24. The Balaban J connectivity index is 1.60. The molecule has 0 radical (unpaired) electrons. The number of anilines is 3. The summed E-state index contributed by atoms with van der Waals surface area (Å²) in [6.45, 7) is 3.30. The summed E-state index contributed by atoms with van der Waals surface area (Å²) < 4.78 is 5.39. The average molecular weight is 331 g/mol. The molecule has 0 bridgehead atoms. The van der Waals surface area contributed by atoms with E-state index in [1.807, 2.05) is 12.1 Å². The van der Waals surface area contributed by atoms with Gasteiger partial charge in [0.15, 0.2) is 10.8 Å². The van der Waals surface area contributed by atoms with E-state index in [1.165, 1.54) is 0 Å². The summed E-state index contributed by atoms with van der Waals surface area (Å²) >= 11 is 6.13. The van der Waals surface area contributed by atoms with E-state index in [9.17, 15) is 0 Å². The highest BCUT2D eigenvalue weighted by molar-refractivity contribution is 6.33. The van der Waals surface area contributed by atoms with Crippen LogP contribution in [0.5, 0.6) is 0 Å². The van der Waals surface area contributed by atoms with Crippen LogP contribution >= 0.6 is 11.6 Å². The summed E-state index contributed by atoms with van der Waals surface area (Å²) in [5, 5.41) is 3.52. The molecule has 7 nitrogen and oxygen atoms in total. The second-order valence-corrected chi connectivity index (χ2v) is 5.57. The van der Waals surface area contributed by atoms with E-state index in [0.29, 0.717) is 22.3 Å². The van der Waals surface area contributed by atoms with Gasteiger partial charge >= 0.3 is 0 Å². The number of nitrogens with zero attached hydrogens (tertiary/aromatic N) is 4. The first kappa shape index (κ1) is 14.2. The van der Waals surface area contributed by atoms with Crippen molar-refractivity contribution in [2.45, 2.75) is 0 Å². The summed E-state index contributed by atoms with van der Waals surface area (Å²) in [7, 11) is 0. The molecule has 0 spiro atoms. The molecule has 23 heavy (non-hydrogen) atoms. The molecule has 0 unspecified atom stereocenters. The van der Waals surface area contributed by atoms with E-state index in [4.69, 9.17) is 16.3 Å². The number of aromatic amines is 1. The van der Waals surface area contributed by atoms with Crippen LogP contribution in [0, 0.1) is 0 Å². The molecule has 3 aromatic rings. The molecule has 0 aliphatic carbocycles. The predicted octanol–water partition coefficient (Wildman–Crippen LogP) is 2.59. The fourth-order valence-corrected chi connectivity index (χ4v) is 2.81. The standard InChI is InChI=1S/C15H15ClN6O/c16-13-12-14(18-9-17-12)21-15(20-13)19-10-2-1-3-11(8-10)22-4-6-23-7-5-22/h1-3,8-9H,4-7H2,(H2,17,18,19,20,21). The van der Waals surface area contributed by atoms with Gasteiger partial charge in [-0.15, -0.1) is 0 Å². The number of nitrogens with one attached hydrogen (secondary N) is 2. The molecule has 4 rings (SSSR count). The number of benzene rings is 1. The van der Waals surface area contributed by atoms with Crippen molar-refractivity contribution in [3.8, 4) is 0 Å². The molecule has 1 fully saturated rings. The number of ether oxygens (including phenoxy) is 1. The van der Waals surface area contributed by atoms with E-state index in [0.717, 1.165) is 37.7 Å². The van der Waals surface area contributed by atoms with Crippen LogP contribution in [0.4, 0.5) is 17.3 Å². The van der Waals surface area contributed by atoms with E-state index in [-0.39, 0.29) is 0 Å². The lowest BCUT2D eigenvalue weighted by Gasteiger charge is -2.29. The minimum Gasteiger partial charge on any atom is -0.378 e. The van der Waals surface area contributed by atoms with Gasteiger partial charge in [0.2, 0.25) is 5.95 Å². The van der Waals surface area contributed by atoms with Gasteiger partial charge in [-0.2, -0.15) is 9.97 Å². The van der Waals surface area contributed by atoms with Crippen LogP contribution in [-0.2, 0) is 4.74 Å². The smallest absolute Gasteiger partial charge is 0.230 e. The summed E-state index contributed by atoms with van der Waals surface area (Å²) in [6.07, 6.45) is 1.55. The first-order valence-electron chi connectivity index (χ1n) is 7.36. The van der Waals surface area contributed by atoms with Crippen LogP contribution in [0.1, 0.15) is 0 Å². The van der Waals surface area contributed by atoms with Crippen molar-refractivity contribution in [2.24, 2.45) is 0 Å². The number of rotatable bonds is 3. The number of imidazole rings is 1. The molecule has 8 heteroatoms. The van der Waals surface area contributed by atoms with Gasteiger partial charge < -0.3 is 19.9 Å². The highest BCUT2D eigenvalue weighted by Gasteiger charge is 2.12. The minimum atomic E-state index is 0.322. The Kier molecular flexibility index (Phi) is 3.72. The van der Waals surface area contributed by atoms with Crippen LogP contribution in [0.25, 0.3) is 11.2 Å². The predicted molar refractivity (Wildman–Crippen MR) is 89.5 cm³/mol. The summed E-state index contributed by atoms with van der Waals surface area (Å²) in [4.78, 5) is 17.9. The van der Waals surface area contributed by atoms with Gasteiger partial charge in [-0.05, 0) is 18.2 Å². The number of H-pyrrole nitrogens is 1. The maximum atomic E-state index is 6.13. The number of morpholine rings is 1. The van der Waals surface area contributed by atoms with Gasteiger partial charge in [0.1, 0.15) is 5.52 Å². The molecule has 118 valence electrons. The molecule has 1 aliphatic heterocycles. The van der Waals surface area contributed by atoms with Crippen molar-refractivity contribution < 1.29 is 4.74 Å². The maximum Gasteiger partial charge on any atom is 0.230 e. The van der Waals surface area contributed by atoms with Crippen molar-refractivity contribution >= 4 is 40.1 Å². The van der Waals surface area contributed by atoms with Gasteiger partial charge in [0, 0.05) is 24.5 Å². The Hall–Kier alpha value is -2.38. The summed E-state index contributed by atoms with van der Waals surface area (Å²) in [6, 6.07) is 8.13. The van der Waals surface area contributed by atoms with Gasteiger partial charge in [-0.25, -0.2) is 4.98 Å². The molecule has 3 heterocycles. The van der Waals surface area contributed by atoms with Crippen LogP contribution in [-0.4, -0.2) is 46.2 Å². The number of hydrogen-bond acceptors (Lipinski definition) is 6. The van der Waals surface area contributed by atoms with Crippen LogP contribution < -0.4 is 10.2 Å². The van der Waals surface area contributed by atoms with Crippen molar-refractivity contribution in [1.82, 2.24) is 19.9 Å². The maximum absolute atomic E-state index is 6.13. The number of fused-ring (bicyclic) bond motifs is 1. The van der Waals surface area contributed by atoms with E-state index < -0.39 is 0 Å². The van der Waals surface area contributed by atoms with Gasteiger partial charge in [0.05, 0.1) is 19.5 Å². The highest BCUT2D eigenvalue weighted by atomic mass is 35.5. The molecule has 1 saturated heterocycles. The Morgan fingerprint density at radius 1 is 1.22 bits per heavy atom. The van der Waals surface area contributed by atoms with Gasteiger partial charge in [-0.1, -0.05) is 17.7 Å². The Morgan fingerprint density at radius 3 is 2.96 bits per heavy atom. The average Bonchev–Trinajstić information content (AvgIpc) is 3.05. The lowest BCUT2D eigenvalue weighted by molar-refractivity contribution is 0.122. The normalized spacial score (nSPS) is 15.1. The van der Waals surface area contributed by atoms with E-state index >= 15 is 0 Å². The molecular weight excluding hydrogens is 316 g/mol. The van der Waals surface area contributed by atoms with Crippen LogP contribution in [0.15, 0.2) is 30.6 Å². The van der Waals surface area contributed by atoms with Crippen molar-refractivity contribution in [1.29, 1.82) is 0 Å². The van der Waals surface area contributed by atoms with E-state index in [1.54, 1.807) is 6.33 Å². The zero-order chi connectivity index (χ0) is 15.6. The molecule has 0 saturated carbocycles. The Labute approximate surface area is 137 Å². The van der Waals surface area contributed by atoms with Crippen LogP contribution in [0.2, 0.25) is 5.15 Å². The first-order chi connectivity index (χ1) is 11.3. The van der Waals surface area contributed by atoms with Crippen molar-refractivity contribution in [2.75, 3.05) is 36.5 Å². The minimum absolute atomic E-state index is 0.322. The monoisotopic (exact) mass is 330 g/mol. The SMILES string of the molecule is Clc1nc(Nc2cccc(N3CCOCC3)c2)nc2[nH]cnc12. The van der Waals surface area contributed by atoms with Crippen LogP contribution in [0.3, 0.4) is 0 Å². The Bertz CT molecular complexity index is 830. The van der Waals surface area contributed by atoms with Crippen molar-refractivity contribution in [3.05, 3.63) is 35.7 Å². The largest absolute Gasteiger partial charge is 0.378 e. The number of halogens is 1. The van der Waals surface area contributed by atoms with Gasteiger partial charge in [-0.3, -0.25) is 0 Å². The van der Waals surface area contributed by atoms with Gasteiger partial charge in [0.25, 0.3) is 0 Å². The Morgan fingerprint density at radius 2 is 2.09 bits per heavy atom. The molecule has 2 N–H and O–H groups in total. The zero-order valence-electron chi connectivity index (χ0n) is 12.3. The first-order valence-corrected chi connectivity index (χ1v) is 7.74.